The fraction of sp³-hybridized carbons (Fsp3) is 0.421. The zero-order chi connectivity index (χ0) is 17.8. The van der Waals surface area contributed by atoms with Crippen LogP contribution in [0.25, 0.3) is 0 Å². The molecule has 6 heteroatoms. The van der Waals surface area contributed by atoms with Crippen molar-refractivity contribution in [3.05, 3.63) is 53.9 Å². The second-order valence-electron chi connectivity index (χ2n) is 6.56. The van der Waals surface area contributed by atoms with Gasteiger partial charge in [0.05, 0.1) is 6.04 Å². The van der Waals surface area contributed by atoms with Crippen LogP contribution in [0.1, 0.15) is 47.8 Å². The van der Waals surface area contributed by atoms with Gasteiger partial charge in [-0.15, -0.1) is 0 Å². The van der Waals surface area contributed by atoms with Crippen molar-refractivity contribution in [2.24, 2.45) is 0 Å². The van der Waals surface area contributed by atoms with E-state index in [0.717, 1.165) is 31.2 Å². The fourth-order valence-corrected chi connectivity index (χ4v) is 3.47. The molecule has 2 aromatic rings. The first-order valence-corrected chi connectivity index (χ1v) is 8.65. The third kappa shape index (κ3) is 3.73. The van der Waals surface area contributed by atoms with Crippen LogP contribution < -0.4 is 0 Å². The van der Waals surface area contributed by atoms with Gasteiger partial charge in [-0.05, 0) is 24.5 Å². The van der Waals surface area contributed by atoms with E-state index in [4.69, 9.17) is 0 Å². The monoisotopic (exact) mass is 341 g/mol. The summed E-state index contributed by atoms with van der Waals surface area (Å²) in [5.74, 6) is -1.31. The predicted octanol–water partition coefficient (Wildman–Crippen LogP) is 2.77. The molecule has 0 bridgehead atoms. The van der Waals surface area contributed by atoms with Gasteiger partial charge in [0.2, 0.25) is 0 Å². The molecular formula is C19H23N3O3. The van der Waals surface area contributed by atoms with Crippen molar-refractivity contribution in [2.75, 3.05) is 7.05 Å². The van der Waals surface area contributed by atoms with Crippen LogP contribution >= 0.6 is 0 Å². The van der Waals surface area contributed by atoms with E-state index in [1.807, 2.05) is 30.3 Å². The Kier molecular flexibility index (Phi) is 5.16. The van der Waals surface area contributed by atoms with Crippen molar-refractivity contribution in [3.63, 3.8) is 0 Å². The minimum atomic E-state index is -1.01. The highest BCUT2D eigenvalue weighted by atomic mass is 16.4. The van der Waals surface area contributed by atoms with Crippen molar-refractivity contribution < 1.29 is 14.7 Å². The number of carbonyl (C=O) groups is 2. The van der Waals surface area contributed by atoms with Gasteiger partial charge in [0, 0.05) is 19.7 Å². The smallest absolute Gasteiger partial charge is 0.326 e. The number of hydrogen-bond acceptors (Lipinski definition) is 3. The molecule has 6 nitrogen and oxygen atoms in total. The average Bonchev–Trinajstić information content (AvgIpc) is 3.29. The van der Waals surface area contributed by atoms with Crippen LogP contribution in [0.5, 0.6) is 0 Å². The second kappa shape index (κ2) is 7.51. The highest BCUT2D eigenvalue weighted by Gasteiger charge is 2.30. The van der Waals surface area contributed by atoms with Crippen molar-refractivity contribution in [3.8, 4) is 0 Å². The Bertz CT molecular complexity index is 735. The van der Waals surface area contributed by atoms with Gasteiger partial charge in [-0.1, -0.05) is 43.2 Å². The molecule has 0 saturated heterocycles. The number of aliphatic carboxylic acids is 1. The van der Waals surface area contributed by atoms with Crippen LogP contribution in [-0.2, 0) is 11.2 Å². The molecule has 1 N–H and O–H groups in total. The van der Waals surface area contributed by atoms with Crippen LogP contribution in [0.4, 0.5) is 0 Å². The van der Waals surface area contributed by atoms with Crippen LogP contribution in [0.3, 0.4) is 0 Å². The number of likely N-dealkylation sites (N-methyl/N-ethyl adjacent to an activating group) is 1. The van der Waals surface area contributed by atoms with E-state index in [9.17, 15) is 14.7 Å². The summed E-state index contributed by atoms with van der Waals surface area (Å²) in [4.78, 5) is 26.0. The first-order chi connectivity index (χ1) is 12.1. The highest BCUT2D eigenvalue weighted by Crippen LogP contribution is 2.30. The summed E-state index contributed by atoms with van der Waals surface area (Å²) in [5, 5.41) is 13.9. The molecule has 1 fully saturated rings. The molecule has 1 heterocycles. The number of hydrogen-bond donors (Lipinski definition) is 1. The van der Waals surface area contributed by atoms with E-state index >= 15 is 0 Å². The lowest BCUT2D eigenvalue weighted by molar-refractivity contribution is -0.141. The lowest BCUT2D eigenvalue weighted by atomic mass is 10.0. The maximum Gasteiger partial charge on any atom is 0.326 e. The molecule has 0 aliphatic heterocycles. The van der Waals surface area contributed by atoms with E-state index in [2.05, 4.69) is 5.10 Å². The number of amides is 1. The van der Waals surface area contributed by atoms with Crippen molar-refractivity contribution in [1.82, 2.24) is 14.7 Å². The Labute approximate surface area is 147 Å². The number of aromatic nitrogens is 2. The van der Waals surface area contributed by atoms with Crippen LogP contribution in [0.2, 0.25) is 0 Å². The Hall–Kier alpha value is -2.63. The molecule has 1 amide bonds. The molecule has 25 heavy (non-hydrogen) atoms. The summed E-state index contributed by atoms with van der Waals surface area (Å²) >= 11 is 0. The molecule has 1 aromatic carbocycles. The minimum absolute atomic E-state index is 0.236. The van der Waals surface area contributed by atoms with Gasteiger partial charge in [0.15, 0.2) is 0 Å². The van der Waals surface area contributed by atoms with Gasteiger partial charge in [0.25, 0.3) is 5.91 Å². The molecule has 1 saturated carbocycles. The first-order valence-electron chi connectivity index (χ1n) is 8.65. The Morgan fingerprint density at radius 3 is 2.56 bits per heavy atom. The first kappa shape index (κ1) is 17.2. The summed E-state index contributed by atoms with van der Waals surface area (Å²) in [7, 11) is 1.55. The number of rotatable bonds is 6. The zero-order valence-electron chi connectivity index (χ0n) is 14.3. The van der Waals surface area contributed by atoms with Crippen molar-refractivity contribution in [1.29, 1.82) is 0 Å². The van der Waals surface area contributed by atoms with Crippen molar-refractivity contribution in [2.45, 2.75) is 44.2 Å². The van der Waals surface area contributed by atoms with Crippen LogP contribution in [0, 0.1) is 0 Å². The molecule has 1 aliphatic carbocycles. The van der Waals surface area contributed by atoms with E-state index in [0.29, 0.717) is 5.69 Å². The lowest BCUT2D eigenvalue weighted by Crippen LogP contribution is -2.44. The topological polar surface area (TPSA) is 75.4 Å². The Balaban J connectivity index is 1.80. The summed E-state index contributed by atoms with van der Waals surface area (Å²) in [6, 6.07) is 10.4. The minimum Gasteiger partial charge on any atom is -0.480 e. The quantitative estimate of drug-likeness (QED) is 0.876. The summed E-state index contributed by atoms with van der Waals surface area (Å²) in [6.07, 6.45) is 6.19. The molecule has 1 aliphatic rings. The number of benzene rings is 1. The maximum atomic E-state index is 12.9. The Morgan fingerprint density at radius 2 is 1.92 bits per heavy atom. The van der Waals surface area contributed by atoms with Gasteiger partial charge in [-0.3, -0.25) is 9.48 Å². The highest BCUT2D eigenvalue weighted by molar-refractivity contribution is 5.95. The number of carboxylic acids is 1. The fourth-order valence-electron chi connectivity index (χ4n) is 3.47. The molecular weight excluding hydrogens is 318 g/mol. The zero-order valence-corrected chi connectivity index (χ0v) is 14.3. The molecule has 132 valence electrons. The van der Waals surface area contributed by atoms with Crippen LogP contribution in [-0.4, -0.2) is 44.8 Å². The standard InChI is InChI=1S/C19H23N3O3/c1-21(17(19(24)25)13-14-7-3-2-4-8-14)18(23)16-11-12-20-22(16)15-9-5-6-10-15/h2-4,7-8,11-12,15,17H,5-6,9-10,13H2,1H3,(H,24,25). The van der Waals surface area contributed by atoms with E-state index in [1.54, 1.807) is 24.0 Å². The SMILES string of the molecule is CN(C(=O)c1ccnn1C1CCCC1)C(Cc1ccccc1)C(=O)O. The third-order valence-electron chi connectivity index (χ3n) is 4.90. The van der Waals surface area contributed by atoms with Crippen LogP contribution in [0.15, 0.2) is 42.6 Å². The van der Waals surface area contributed by atoms with Crippen molar-refractivity contribution >= 4 is 11.9 Å². The van der Waals surface area contributed by atoms with Gasteiger partial charge >= 0.3 is 5.97 Å². The maximum absolute atomic E-state index is 12.9. The van der Waals surface area contributed by atoms with Gasteiger partial charge in [-0.25, -0.2) is 4.79 Å². The molecule has 1 unspecified atom stereocenters. The average molecular weight is 341 g/mol. The predicted molar refractivity (Wildman–Crippen MR) is 93.4 cm³/mol. The number of carbonyl (C=O) groups excluding carboxylic acids is 1. The Morgan fingerprint density at radius 1 is 1.24 bits per heavy atom. The van der Waals surface area contributed by atoms with E-state index in [1.165, 1.54) is 4.90 Å². The number of nitrogens with zero attached hydrogens (tertiary/aromatic N) is 3. The normalized spacial score (nSPS) is 15.9. The van der Waals surface area contributed by atoms with E-state index < -0.39 is 12.0 Å². The summed E-state index contributed by atoms with van der Waals surface area (Å²) in [5.41, 5.74) is 1.35. The van der Waals surface area contributed by atoms with E-state index in [-0.39, 0.29) is 18.4 Å². The lowest BCUT2D eigenvalue weighted by Gasteiger charge is -2.26. The largest absolute Gasteiger partial charge is 0.480 e. The number of carboxylic acid groups (broad SMARTS) is 1. The molecule has 0 spiro atoms. The molecule has 1 aromatic heterocycles. The molecule has 0 radical (unpaired) electrons. The van der Waals surface area contributed by atoms with Gasteiger partial charge < -0.3 is 10.0 Å². The molecule has 1 atom stereocenters. The summed E-state index contributed by atoms with van der Waals surface area (Å²) < 4.78 is 1.77. The second-order valence-corrected chi connectivity index (χ2v) is 6.56. The summed E-state index contributed by atoms with van der Waals surface area (Å²) in [6.45, 7) is 0. The molecule has 3 rings (SSSR count). The van der Waals surface area contributed by atoms with Gasteiger partial charge in [0.1, 0.15) is 11.7 Å². The van der Waals surface area contributed by atoms with Gasteiger partial charge in [-0.2, -0.15) is 5.10 Å². The third-order valence-corrected chi connectivity index (χ3v) is 4.90.